The van der Waals surface area contributed by atoms with Gasteiger partial charge in [-0.2, -0.15) is 0 Å². The zero-order chi connectivity index (χ0) is 29.7. The molecular formula is C41H27N3O. The first-order valence-electron chi connectivity index (χ1n) is 15.3. The number of hydrogen-bond donors (Lipinski definition) is 0. The standard InChI is InChI=1S/C41H27N3O/c1-3-13-26(14-4-1)39-42-40(27-15-5-2-6-16-27)44-41(43-39)33-22-12-24-36-38(33)37-32(21-11-23-35(37)45-36)34-25-28-17-7-8-18-29(28)30-19-9-10-20-31(30)34/h1-25,36,38H. The zero-order valence-electron chi connectivity index (χ0n) is 24.3. The average Bonchev–Trinajstić information content (AvgIpc) is 3.51. The third kappa shape index (κ3) is 4.26. The Labute approximate surface area is 261 Å². The van der Waals surface area contributed by atoms with Crippen LogP contribution in [-0.4, -0.2) is 21.1 Å². The molecule has 2 atom stereocenters. The fourth-order valence-corrected chi connectivity index (χ4v) is 6.87. The molecule has 0 saturated heterocycles. The van der Waals surface area contributed by atoms with Gasteiger partial charge in [-0.25, -0.2) is 15.0 Å². The number of hydrogen-bond acceptors (Lipinski definition) is 4. The lowest BCUT2D eigenvalue weighted by Gasteiger charge is -2.24. The Morgan fingerprint density at radius 3 is 1.87 bits per heavy atom. The first-order chi connectivity index (χ1) is 22.3. The summed E-state index contributed by atoms with van der Waals surface area (Å²) in [5.41, 5.74) is 6.46. The van der Waals surface area contributed by atoms with Crippen LogP contribution >= 0.6 is 0 Å². The van der Waals surface area contributed by atoms with E-state index in [1.54, 1.807) is 0 Å². The molecule has 0 amide bonds. The second-order valence-electron chi connectivity index (χ2n) is 11.5. The highest BCUT2D eigenvalue weighted by Crippen LogP contribution is 2.52. The lowest BCUT2D eigenvalue weighted by Crippen LogP contribution is -2.21. The van der Waals surface area contributed by atoms with Crippen LogP contribution in [-0.2, 0) is 0 Å². The molecule has 0 bridgehead atoms. The van der Waals surface area contributed by atoms with Gasteiger partial charge >= 0.3 is 0 Å². The maximum absolute atomic E-state index is 6.66. The predicted octanol–water partition coefficient (Wildman–Crippen LogP) is 9.68. The second-order valence-corrected chi connectivity index (χ2v) is 11.5. The van der Waals surface area contributed by atoms with Gasteiger partial charge in [-0.15, -0.1) is 0 Å². The van der Waals surface area contributed by atoms with Gasteiger partial charge in [0.05, 0.1) is 5.92 Å². The first kappa shape index (κ1) is 25.6. The molecule has 45 heavy (non-hydrogen) atoms. The summed E-state index contributed by atoms with van der Waals surface area (Å²) in [7, 11) is 0. The Hall–Kier alpha value is -5.87. The number of ether oxygens (including phenoxy) is 1. The minimum Gasteiger partial charge on any atom is -0.485 e. The molecule has 0 saturated carbocycles. The highest BCUT2D eigenvalue weighted by Gasteiger charge is 2.40. The van der Waals surface area contributed by atoms with Gasteiger partial charge in [0.25, 0.3) is 0 Å². The van der Waals surface area contributed by atoms with Gasteiger partial charge in [0.15, 0.2) is 17.5 Å². The van der Waals surface area contributed by atoms with E-state index in [2.05, 4.69) is 91.0 Å². The normalized spacial score (nSPS) is 16.7. The summed E-state index contributed by atoms with van der Waals surface area (Å²) in [6.07, 6.45) is 6.20. The molecule has 0 fully saturated rings. The maximum Gasteiger partial charge on any atom is 0.164 e. The molecule has 2 heterocycles. The van der Waals surface area contributed by atoms with Gasteiger partial charge < -0.3 is 4.74 Å². The van der Waals surface area contributed by atoms with E-state index in [1.165, 1.54) is 38.2 Å². The fraction of sp³-hybridized carbons (Fsp3) is 0.0488. The van der Waals surface area contributed by atoms with Crippen LogP contribution in [0.2, 0.25) is 0 Å². The maximum atomic E-state index is 6.66. The van der Waals surface area contributed by atoms with Gasteiger partial charge in [0.2, 0.25) is 0 Å². The second kappa shape index (κ2) is 10.4. The van der Waals surface area contributed by atoms with Gasteiger partial charge in [0, 0.05) is 22.3 Å². The summed E-state index contributed by atoms with van der Waals surface area (Å²) in [5.74, 6) is 2.79. The molecule has 2 unspecified atom stereocenters. The SMILES string of the molecule is C1=CC2Oc3cccc(-c4cc5ccccc5c5ccccc45)c3C2C(c2nc(-c3ccccc3)nc(-c3ccccc3)n2)=C1. The van der Waals surface area contributed by atoms with E-state index in [1.807, 2.05) is 60.7 Å². The molecule has 1 aliphatic heterocycles. The number of benzene rings is 6. The Balaban J connectivity index is 1.26. The molecule has 0 spiro atoms. The fourth-order valence-electron chi connectivity index (χ4n) is 6.87. The Bertz CT molecular complexity index is 2250. The van der Waals surface area contributed by atoms with E-state index in [0.29, 0.717) is 17.5 Å². The molecule has 6 aromatic carbocycles. The molecule has 9 rings (SSSR count). The summed E-state index contributed by atoms with van der Waals surface area (Å²) < 4.78 is 6.66. The number of allylic oxidation sites excluding steroid dienone is 2. The van der Waals surface area contributed by atoms with Crippen LogP contribution in [0.4, 0.5) is 0 Å². The first-order valence-corrected chi connectivity index (χ1v) is 15.3. The minimum atomic E-state index is -0.162. The van der Waals surface area contributed by atoms with Crippen molar-refractivity contribution in [1.82, 2.24) is 15.0 Å². The van der Waals surface area contributed by atoms with Gasteiger partial charge in [-0.05, 0) is 50.9 Å². The van der Waals surface area contributed by atoms with Crippen molar-refractivity contribution in [2.75, 3.05) is 0 Å². The lowest BCUT2D eigenvalue weighted by atomic mass is 9.80. The van der Waals surface area contributed by atoms with E-state index in [0.717, 1.165) is 22.4 Å². The summed E-state index contributed by atoms with van der Waals surface area (Å²) >= 11 is 0. The smallest absolute Gasteiger partial charge is 0.164 e. The van der Waals surface area contributed by atoms with E-state index in [4.69, 9.17) is 19.7 Å². The molecule has 4 nitrogen and oxygen atoms in total. The molecule has 0 radical (unpaired) electrons. The van der Waals surface area contributed by atoms with Crippen molar-refractivity contribution in [3.05, 3.63) is 163 Å². The van der Waals surface area contributed by atoms with Crippen LogP contribution in [0, 0.1) is 0 Å². The number of fused-ring (bicyclic) bond motifs is 6. The molecule has 1 aliphatic carbocycles. The van der Waals surface area contributed by atoms with Gasteiger partial charge in [-0.1, -0.05) is 133 Å². The van der Waals surface area contributed by atoms with Crippen LogP contribution in [0.25, 0.3) is 61.0 Å². The topological polar surface area (TPSA) is 47.9 Å². The third-order valence-electron chi connectivity index (χ3n) is 8.90. The molecular weight excluding hydrogens is 550 g/mol. The van der Waals surface area contributed by atoms with Crippen LogP contribution < -0.4 is 4.74 Å². The van der Waals surface area contributed by atoms with Gasteiger partial charge in [0.1, 0.15) is 11.9 Å². The Morgan fingerprint density at radius 1 is 0.511 bits per heavy atom. The van der Waals surface area contributed by atoms with Crippen molar-refractivity contribution in [3.8, 4) is 39.7 Å². The third-order valence-corrected chi connectivity index (χ3v) is 8.90. The van der Waals surface area contributed by atoms with Crippen LogP contribution in [0.3, 0.4) is 0 Å². The monoisotopic (exact) mass is 577 g/mol. The van der Waals surface area contributed by atoms with Gasteiger partial charge in [-0.3, -0.25) is 0 Å². The Kier molecular flexibility index (Phi) is 5.91. The van der Waals surface area contributed by atoms with Crippen molar-refractivity contribution in [2.24, 2.45) is 0 Å². The van der Waals surface area contributed by atoms with Crippen LogP contribution in [0.1, 0.15) is 17.3 Å². The summed E-state index contributed by atoms with van der Waals surface area (Å²) in [6.45, 7) is 0. The average molecular weight is 578 g/mol. The Morgan fingerprint density at radius 2 is 1.13 bits per heavy atom. The molecule has 4 heteroatoms. The van der Waals surface area contributed by atoms with Crippen molar-refractivity contribution < 1.29 is 4.74 Å². The largest absolute Gasteiger partial charge is 0.485 e. The van der Waals surface area contributed by atoms with Crippen LogP contribution in [0.5, 0.6) is 5.75 Å². The molecule has 7 aromatic rings. The minimum absolute atomic E-state index is 0.0823. The van der Waals surface area contributed by atoms with E-state index < -0.39 is 0 Å². The van der Waals surface area contributed by atoms with E-state index >= 15 is 0 Å². The highest BCUT2D eigenvalue weighted by molar-refractivity contribution is 6.14. The van der Waals surface area contributed by atoms with E-state index in [9.17, 15) is 0 Å². The van der Waals surface area contributed by atoms with E-state index in [-0.39, 0.29) is 12.0 Å². The lowest BCUT2D eigenvalue weighted by molar-refractivity contribution is 0.271. The van der Waals surface area contributed by atoms with Crippen LogP contribution in [0.15, 0.2) is 152 Å². The van der Waals surface area contributed by atoms with Crippen molar-refractivity contribution in [3.63, 3.8) is 0 Å². The number of aromatic nitrogens is 3. The molecule has 0 N–H and O–H groups in total. The summed E-state index contributed by atoms with van der Waals surface area (Å²) in [6, 6.07) is 46.3. The summed E-state index contributed by atoms with van der Waals surface area (Å²) in [5, 5.41) is 4.95. The zero-order valence-corrected chi connectivity index (χ0v) is 24.3. The quantitative estimate of drug-likeness (QED) is 0.195. The molecule has 2 aliphatic rings. The van der Waals surface area contributed by atoms with Crippen molar-refractivity contribution >= 4 is 27.1 Å². The summed E-state index contributed by atoms with van der Waals surface area (Å²) in [4.78, 5) is 15.1. The predicted molar refractivity (Wildman–Crippen MR) is 182 cm³/mol. The highest BCUT2D eigenvalue weighted by atomic mass is 16.5. The van der Waals surface area contributed by atoms with Crippen molar-refractivity contribution in [1.29, 1.82) is 0 Å². The molecule has 1 aromatic heterocycles. The molecule has 212 valence electrons. The number of rotatable bonds is 4. The van der Waals surface area contributed by atoms with Crippen molar-refractivity contribution in [2.45, 2.75) is 12.0 Å². The number of nitrogens with zero attached hydrogens (tertiary/aromatic N) is 3.